The van der Waals surface area contributed by atoms with E-state index in [9.17, 15) is 4.79 Å². The summed E-state index contributed by atoms with van der Waals surface area (Å²) in [5, 5.41) is 3.33. The first-order valence-electron chi connectivity index (χ1n) is 12.7. The van der Waals surface area contributed by atoms with Crippen LogP contribution in [0.1, 0.15) is 52.2 Å². The van der Waals surface area contributed by atoms with E-state index in [1.54, 1.807) is 7.11 Å². The molecule has 5 rings (SSSR count). The van der Waals surface area contributed by atoms with Crippen LogP contribution in [0.5, 0.6) is 5.75 Å². The Labute approximate surface area is 203 Å². The molecule has 3 aliphatic rings. The van der Waals surface area contributed by atoms with E-state index in [1.807, 2.05) is 12.1 Å². The van der Waals surface area contributed by atoms with Crippen LogP contribution in [0.25, 0.3) is 0 Å². The van der Waals surface area contributed by atoms with Crippen LogP contribution in [0.4, 0.5) is 5.69 Å². The van der Waals surface area contributed by atoms with Crippen LogP contribution in [-0.4, -0.2) is 70.4 Å². The second-order valence-corrected chi connectivity index (χ2v) is 9.95. The number of hydrogen-bond acceptors (Lipinski definition) is 5. The second-order valence-electron chi connectivity index (χ2n) is 9.95. The number of carbonyl (C=O) groups excluding carboxylic acids is 1. The van der Waals surface area contributed by atoms with Crippen LogP contribution < -0.4 is 15.0 Å². The van der Waals surface area contributed by atoms with Gasteiger partial charge in [0.15, 0.2) is 0 Å². The molecular formula is C28H37N3O3. The van der Waals surface area contributed by atoms with Crippen molar-refractivity contribution >= 4 is 11.6 Å². The van der Waals surface area contributed by atoms with E-state index in [0.717, 1.165) is 75.7 Å². The van der Waals surface area contributed by atoms with Crippen molar-refractivity contribution in [3.05, 3.63) is 58.7 Å². The molecule has 2 saturated heterocycles. The quantitative estimate of drug-likeness (QED) is 0.734. The fourth-order valence-corrected chi connectivity index (χ4v) is 5.80. The number of hydrogen-bond donors (Lipinski definition) is 1. The summed E-state index contributed by atoms with van der Waals surface area (Å²) in [6, 6.07) is 12.6. The van der Waals surface area contributed by atoms with Crippen LogP contribution in [-0.2, 0) is 17.6 Å². The highest BCUT2D eigenvalue weighted by Crippen LogP contribution is 2.38. The summed E-state index contributed by atoms with van der Waals surface area (Å²) in [5.74, 6) is 1.61. The Bertz CT molecular complexity index is 993. The minimum atomic E-state index is 0.0192. The molecule has 0 radical (unpaired) electrons. The van der Waals surface area contributed by atoms with E-state index in [1.165, 1.54) is 29.5 Å². The standard InChI is InChI=1S/C28H37N3O3/c1-30-13-11-20(12-14-30)24-9-10-27(33-2)25-8-5-22(19-26(24)25)29-28(32)21-3-6-23(7-4-21)31-15-17-34-18-16-31/h3-4,6-7,9-10,20,22H,5,8,11-19H2,1-2H3,(H,29,32)/t22-/m1/s1. The maximum atomic E-state index is 13.1. The largest absolute Gasteiger partial charge is 0.496 e. The molecule has 1 N–H and O–H groups in total. The van der Waals surface area contributed by atoms with Crippen molar-refractivity contribution in [1.29, 1.82) is 0 Å². The van der Waals surface area contributed by atoms with Crippen molar-refractivity contribution in [2.75, 3.05) is 58.5 Å². The van der Waals surface area contributed by atoms with Gasteiger partial charge >= 0.3 is 0 Å². The first kappa shape index (κ1) is 23.2. The molecule has 2 fully saturated rings. The van der Waals surface area contributed by atoms with Gasteiger partial charge in [0.25, 0.3) is 5.91 Å². The molecule has 1 atom stereocenters. The number of ether oxygens (including phenoxy) is 2. The lowest BCUT2D eigenvalue weighted by molar-refractivity contribution is 0.0933. The van der Waals surface area contributed by atoms with Gasteiger partial charge in [0.05, 0.1) is 20.3 Å². The highest BCUT2D eigenvalue weighted by atomic mass is 16.5. The van der Waals surface area contributed by atoms with Crippen molar-refractivity contribution in [3.8, 4) is 5.75 Å². The van der Waals surface area contributed by atoms with E-state index in [2.05, 4.69) is 46.4 Å². The minimum Gasteiger partial charge on any atom is -0.496 e. The highest BCUT2D eigenvalue weighted by molar-refractivity contribution is 5.94. The third-order valence-corrected chi connectivity index (χ3v) is 7.84. The van der Waals surface area contributed by atoms with Crippen molar-refractivity contribution < 1.29 is 14.3 Å². The number of nitrogens with zero attached hydrogens (tertiary/aromatic N) is 2. The average molecular weight is 464 g/mol. The lowest BCUT2D eigenvalue weighted by atomic mass is 9.78. The molecular weight excluding hydrogens is 426 g/mol. The Morgan fingerprint density at radius 3 is 2.41 bits per heavy atom. The molecule has 0 saturated carbocycles. The summed E-state index contributed by atoms with van der Waals surface area (Å²) in [6.45, 7) is 5.61. The van der Waals surface area contributed by atoms with Gasteiger partial charge < -0.3 is 24.6 Å². The predicted octanol–water partition coefficient (Wildman–Crippen LogP) is 3.63. The number of piperidine rings is 1. The molecule has 2 aromatic carbocycles. The van der Waals surface area contributed by atoms with E-state index in [4.69, 9.17) is 9.47 Å². The number of amides is 1. The summed E-state index contributed by atoms with van der Waals surface area (Å²) in [4.78, 5) is 17.8. The average Bonchev–Trinajstić information content (AvgIpc) is 2.89. The number of nitrogens with one attached hydrogen (secondary N) is 1. The zero-order chi connectivity index (χ0) is 23.5. The summed E-state index contributed by atoms with van der Waals surface area (Å²) in [6.07, 6.45) is 5.16. The number of carbonyl (C=O) groups is 1. The molecule has 2 aliphatic heterocycles. The molecule has 1 amide bonds. The molecule has 0 bridgehead atoms. The summed E-state index contributed by atoms with van der Waals surface area (Å²) in [5.41, 5.74) is 6.11. The van der Waals surface area contributed by atoms with Crippen LogP contribution in [0.3, 0.4) is 0 Å². The summed E-state index contributed by atoms with van der Waals surface area (Å²) < 4.78 is 11.2. The van der Waals surface area contributed by atoms with Crippen molar-refractivity contribution in [3.63, 3.8) is 0 Å². The van der Waals surface area contributed by atoms with E-state index < -0.39 is 0 Å². The fourth-order valence-electron chi connectivity index (χ4n) is 5.80. The number of anilines is 1. The van der Waals surface area contributed by atoms with Crippen LogP contribution in [0.15, 0.2) is 36.4 Å². The zero-order valence-electron chi connectivity index (χ0n) is 20.5. The van der Waals surface area contributed by atoms with Gasteiger partial charge in [0.1, 0.15) is 5.75 Å². The molecule has 182 valence electrons. The van der Waals surface area contributed by atoms with Crippen LogP contribution in [0.2, 0.25) is 0 Å². The Kier molecular flexibility index (Phi) is 7.07. The van der Waals surface area contributed by atoms with Gasteiger partial charge in [-0.05, 0) is 105 Å². The Morgan fingerprint density at radius 2 is 1.71 bits per heavy atom. The SMILES string of the molecule is COc1ccc(C2CCN(C)CC2)c2c1CC[C@@H](NC(=O)c1ccc(N3CCOCC3)cc1)C2. The van der Waals surface area contributed by atoms with Crippen molar-refractivity contribution in [2.24, 2.45) is 0 Å². The molecule has 6 heteroatoms. The van der Waals surface area contributed by atoms with Gasteiger partial charge in [-0.1, -0.05) is 6.07 Å². The van der Waals surface area contributed by atoms with E-state index >= 15 is 0 Å². The van der Waals surface area contributed by atoms with Gasteiger partial charge in [0.2, 0.25) is 0 Å². The number of likely N-dealkylation sites (tertiary alicyclic amines) is 1. The van der Waals surface area contributed by atoms with Crippen LogP contribution >= 0.6 is 0 Å². The van der Waals surface area contributed by atoms with Crippen LogP contribution in [0, 0.1) is 0 Å². The number of methoxy groups -OCH3 is 1. The molecule has 0 aromatic heterocycles. The highest BCUT2D eigenvalue weighted by Gasteiger charge is 2.29. The number of benzene rings is 2. The van der Waals surface area contributed by atoms with Crippen molar-refractivity contribution in [2.45, 2.75) is 44.1 Å². The molecule has 0 spiro atoms. The third-order valence-electron chi connectivity index (χ3n) is 7.84. The number of fused-ring (bicyclic) bond motifs is 1. The summed E-state index contributed by atoms with van der Waals surface area (Å²) in [7, 11) is 3.97. The lowest BCUT2D eigenvalue weighted by Crippen LogP contribution is -2.39. The molecule has 2 heterocycles. The van der Waals surface area contributed by atoms with Gasteiger partial charge in [-0.2, -0.15) is 0 Å². The fraction of sp³-hybridized carbons (Fsp3) is 0.536. The maximum Gasteiger partial charge on any atom is 0.251 e. The normalized spacial score (nSPS) is 21.7. The topological polar surface area (TPSA) is 54.0 Å². The molecule has 6 nitrogen and oxygen atoms in total. The van der Waals surface area contributed by atoms with Gasteiger partial charge in [-0.15, -0.1) is 0 Å². The zero-order valence-corrected chi connectivity index (χ0v) is 20.5. The molecule has 1 aliphatic carbocycles. The monoisotopic (exact) mass is 463 g/mol. The Morgan fingerprint density at radius 1 is 0.971 bits per heavy atom. The molecule has 0 unspecified atom stereocenters. The minimum absolute atomic E-state index is 0.0192. The first-order valence-corrected chi connectivity index (χ1v) is 12.7. The smallest absolute Gasteiger partial charge is 0.251 e. The number of rotatable bonds is 5. The summed E-state index contributed by atoms with van der Waals surface area (Å²) >= 11 is 0. The van der Waals surface area contributed by atoms with Crippen molar-refractivity contribution in [1.82, 2.24) is 10.2 Å². The Hall–Kier alpha value is -2.57. The Balaban J connectivity index is 1.29. The maximum absolute atomic E-state index is 13.1. The first-order chi connectivity index (χ1) is 16.6. The van der Waals surface area contributed by atoms with Gasteiger partial charge in [-0.3, -0.25) is 4.79 Å². The van der Waals surface area contributed by atoms with E-state index in [-0.39, 0.29) is 11.9 Å². The van der Waals surface area contributed by atoms with Gasteiger partial charge in [0, 0.05) is 30.4 Å². The van der Waals surface area contributed by atoms with E-state index in [0.29, 0.717) is 5.92 Å². The lowest BCUT2D eigenvalue weighted by Gasteiger charge is -2.34. The molecule has 34 heavy (non-hydrogen) atoms. The van der Waals surface area contributed by atoms with Gasteiger partial charge in [-0.25, -0.2) is 0 Å². The number of morpholine rings is 1. The molecule has 2 aromatic rings. The predicted molar refractivity (Wildman–Crippen MR) is 135 cm³/mol. The second kappa shape index (κ2) is 10.4. The third kappa shape index (κ3) is 4.93.